The highest BCUT2D eigenvalue weighted by atomic mass is 16.7. The van der Waals surface area contributed by atoms with Gasteiger partial charge in [-0.25, -0.2) is 4.79 Å². The Bertz CT molecular complexity index is 1880. The number of esters is 1. The third-order valence-corrected chi connectivity index (χ3v) is 16.8. The van der Waals surface area contributed by atoms with Gasteiger partial charge in [0, 0.05) is 58.5 Å². The number of hydrogen-bond donors (Lipinski definition) is 3. The highest BCUT2D eigenvalue weighted by Gasteiger charge is 2.72. The van der Waals surface area contributed by atoms with Gasteiger partial charge < -0.3 is 58.1 Å². The Morgan fingerprint density at radius 3 is 2.24 bits per heavy atom. The van der Waals surface area contributed by atoms with Crippen molar-refractivity contribution < 1.29 is 77.2 Å². The van der Waals surface area contributed by atoms with E-state index in [2.05, 4.69) is 0 Å². The molecule has 17 nitrogen and oxygen atoms in total. The van der Waals surface area contributed by atoms with Crippen molar-refractivity contribution in [2.45, 2.75) is 216 Å². The Kier molecular flexibility index (Phi) is 16.8. The van der Waals surface area contributed by atoms with Crippen LogP contribution in [0.1, 0.15) is 126 Å². The summed E-state index contributed by atoms with van der Waals surface area (Å²) in [5.74, 6) is -8.19. The van der Waals surface area contributed by atoms with Gasteiger partial charge in [0.15, 0.2) is 5.78 Å². The smallest absolute Gasteiger partial charge is 0.329 e. The number of ketones is 3. The molecule has 0 aromatic rings. The topological polar surface area (TPSA) is 233 Å². The fourth-order valence-corrected chi connectivity index (χ4v) is 12.0. The van der Waals surface area contributed by atoms with Crippen molar-refractivity contribution in [2.75, 3.05) is 27.9 Å². The van der Waals surface area contributed by atoms with Crippen LogP contribution in [-0.4, -0.2) is 168 Å². The molecule has 1 saturated carbocycles. The van der Waals surface area contributed by atoms with E-state index in [4.69, 9.17) is 37.9 Å². The molecule has 17 heteroatoms. The first kappa shape index (κ1) is 53.1. The van der Waals surface area contributed by atoms with Crippen LogP contribution in [0.2, 0.25) is 0 Å². The maximum Gasteiger partial charge on any atom is 0.329 e. The van der Waals surface area contributed by atoms with Gasteiger partial charge in [-0.15, -0.1) is 0 Å². The van der Waals surface area contributed by atoms with Crippen LogP contribution in [0.15, 0.2) is 11.6 Å². The summed E-state index contributed by atoms with van der Waals surface area (Å²) in [5.41, 5.74) is -0.384. The summed E-state index contributed by atoms with van der Waals surface area (Å²) in [6, 6.07) is -1.16. The molecule has 7 aliphatic rings. The lowest BCUT2D eigenvalue weighted by atomic mass is 9.78. The second-order valence-electron chi connectivity index (χ2n) is 21.8. The van der Waals surface area contributed by atoms with E-state index in [9.17, 15) is 39.3 Å². The number of carbonyl (C=O) groups excluding carboxylic acids is 5. The standard InChI is InChI=1S/C51H79NO16/c1-25-19-27(3)39(55)42(63-10)40(56)28(4)20-29(5)41-43(65-41)44-45(66-44)47-50(7,68-47)38(62-9)23-32-16-14-30(6)51(60,67-32)46(57)48(58)52-18-12-11-13-33(52)49(59)64-36(24-35(25)54)26(2)21-31-15-17-34(53)37(22-31)61-8/h19,25-26,28-34,36-39,41-45,47,53,55,60H,11-18,20-24H2,1-10H3/b27-19+/t25-,26-,28-,29+,30-,31+,32+,33+,34-,36+,37-,38+,39-,41?,42-,43?,44?,45?,47?,50?,51-/m1/s1. The highest BCUT2D eigenvalue weighted by Crippen LogP contribution is 2.55. The van der Waals surface area contributed by atoms with Gasteiger partial charge in [-0.2, -0.15) is 0 Å². The van der Waals surface area contributed by atoms with E-state index >= 15 is 0 Å². The number of methoxy groups -OCH3 is 3. The number of fused-ring (bicyclic) bond motifs is 8. The summed E-state index contributed by atoms with van der Waals surface area (Å²) in [6.45, 7) is 12.8. The average molecular weight is 962 g/mol. The van der Waals surface area contributed by atoms with Crippen molar-refractivity contribution >= 4 is 29.2 Å². The number of hydrogen-bond acceptors (Lipinski definition) is 16. The van der Waals surface area contributed by atoms with Crippen LogP contribution >= 0.6 is 0 Å². The monoisotopic (exact) mass is 962 g/mol. The van der Waals surface area contributed by atoms with E-state index in [-0.39, 0.29) is 91.8 Å². The number of epoxide rings is 3. The third kappa shape index (κ3) is 11.2. The number of aliphatic hydroxyl groups is 3. The van der Waals surface area contributed by atoms with Crippen molar-refractivity contribution in [1.29, 1.82) is 0 Å². The summed E-state index contributed by atoms with van der Waals surface area (Å²) < 4.78 is 48.2. The minimum Gasteiger partial charge on any atom is -0.460 e. The van der Waals surface area contributed by atoms with E-state index in [1.54, 1.807) is 41.1 Å². The van der Waals surface area contributed by atoms with E-state index in [1.165, 1.54) is 12.0 Å². The molecular weight excluding hydrogens is 883 g/mol. The van der Waals surface area contributed by atoms with Crippen molar-refractivity contribution in [3.05, 3.63) is 11.6 Å². The SMILES string of the molecule is CO[C@H]1C[C@@H]2CC[C@@H](C)[C@@](O)(O2)C(=O)C(=O)N2CCCC[C@H]2C(=O)O[C@H]([C@H](C)C[C@@H]2CC[C@@H](O)[C@H](OC)C2)CC(=O)[C@H](C)/C=C(\C)[C@@H](O)[C@@H](OC)C(=O)[C@H](C)C[C@H](C)C2OC2C2OC2C2OC21C. The first-order valence-corrected chi connectivity index (χ1v) is 25.3. The number of piperidine rings is 1. The van der Waals surface area contributed by atoms with Crippen molar-refractivity contribution in [1.82, 2.24) is 4.90 Å². The molecule has 3 N–H and O–H groups in total. The van der Waals surface area contributed by atoms with Gasteiger partial charge in [0.1, 0.15) is 60.2 Å². The van der Waals surface area contributed by atoms with Crippen molar-refractivity contribution in [2.24, 2.45) is 35.5 Å². The molecule has 6 unspecified atom stereocenters. The van der Waals surface area contributed by atoms with Gasteiger partial charge in [0.2, 0.25) is 5.79 Å². The van der Waals surface area contributed by atoms with Crippen LogP contribution in [0.4, 0.5) is 0 Å². The van der Waals surface area contributed by atoms with Crippen LogP contribution in [0.5, 0.6) is 0 Å². The van der Waals surface area contributed by atoms with Gasteiger partial charge in [-0.05, 0) is 101 Å². The Morgan fingerprint density at radius 1 is 0.838 bits per heavy atom. The van der Waals surface area contributed by atoms with Gasteiger partial charge in [-0.1, -0.05) is 40.7 Å². The van der Waals surface area contributed by atoms with Gasteiger partial charge in [0.05, 0.1) is 30.5 Å². The summed E-state index contributed by atoms with van der Waals surface area (Å²) >= 11 is 0. The van der Waals surface area contributed by atoms with E-state index in [1.807, 2.05) is 27.7 Å². The van der Waals surface area contributed by atoms with Crippen LogP contribution in [0.25, 0.3) is 0 Å². The fraction of sp³-hybridized carbons (Fsp3) is 0.863. The van der Waals surface area contributed by atoms with Crippen molar-refractivity contribution in [3.8, 4) is 0 Å². The number of allylic oxidation sites excluding steroid dienone is 1. The molecule has 0 spiro atoms. The zero-order valence-electron chi connectivity index (χ0n) is 41.8. The number of rotatable bonds is 6. The lowest BCUT2D eigenvalue weighted by molar-refractivity contribution is -0.267. The number of aliphatic hydroxyl groups excluding tert-OH is 2. The van der Waals surface area contributed by atoms with Crippen LogP contribution < -0.4 is 0 Å². The van der Waals surface area contributed by atoms with Gasteiger partial charge in [0.25, 0.3) is 11.7 Å². The summed E-state index contributed by atoms with van der Waals surface area (Å²) in [4.78, 5) is 72.3. The summed E-state index contributed by atoms with van der Waals surface area (Å²) in [7, 11) is 4.51. The number of Topliss-reactive ketones (excluding diaryl/α,β-unsaturated/α-hetero) is 3. The second kappa shape index (κ2) is 21.6. The Morgan fingerprint density at radius 2 is 1.54 bits per heavy atom. The maximum atomic E-state index is 14.4. The Balaban J connectivity index is 1.15. The lowest BCUT2D eigenvalue weighted by Crippen LogP contribution is -2.61. The minimum atomic E-state index is -2.46. The van der Waals surface area contributed by atoms with E-state index < -0.39 is 89.5 Å². The maximum absolute atomic E-state index is 14.4. The van der Waals surface area contributed by atoms with Crippen molar-refractivity contribution in [3.63, 3.8) is 0 Å². The largest absolute Gasteiger partial charge is 0.460 e. The predicted molar refractivity (Wildman–Crippen MR) is 244 cm³/mol. The normalized spacial score (nSPS) is 47.0. The number of ether oxygens (including phenoxy) is 8. The average Bonchev–Trinajstić information content (AvgIpc) is 4.23. The number of carbonyl (C=O) groups is 5. The molecular formula is C51H79NO16. The van der Waals surface area contributed by atoms with Gasteiger partial charge >= 0.3 is 5.97 Å². The zero-order chi connectivity index (χ0) is 49.6. The molecule has 6 heterocycles. The molecule has 7 rings (SSSR count). The van der Waals surface area contributed by atoms with E-state index in [0.29, 0.717) is 56.9 Å². The minimum absolute atomic E-state index is 0.0162. The molecule has 6 aliphatic heterocycles. The molecule has 68 heavy (non-hydrogen) atoms. The first-order valence-electron chi connectivity index (χ1n) is 25.3. The van der Waals surface area contributed by atoms with Gasteiger partial charge in [-0.3, -0.25) is 19.2 Å². The second-order valence-corrected chi connectivity index (χ2v) is 21.8. The first-order chi connectivity index (χ1) is 32.2. The molecule has 1 amide bonds. The third-order valence-electron chi connectivity index (χ3n) is 16.8. The Labute approximate surface area is 401 Å². The molecule has 5 saturated heterocycles. The zero-order valence-corrected chi connectivity index (χ0v) is 41.8. The molecule has 0 aromatic heterocycles. The molecule has 1 aliphatic carbocycles. The van der Waals surface area contributed by atoms with E-state index in [0.717, 1.165) is 6.42 Å². The highest BCUT2D eigenvalue weighted by molar-refractivity contribution is 6.39. The van der Waals surface area contributed by atoms with Crippen LogP contribution in [-0.2, 0) is 61.9 Å². The number of nitrogens with zero attached hydrogens (tertiary/aromatic N) is 1. The Hall–Kier alpha value is -2.71. The lowest BCUT2D eigenvalue weighted by Gasteiger charge is -2.43. The number of amides is 1. The van der Waals surface area contributed by atoms with Crippen LogP contribution in [0, 0.1) is 35.5 Å². The molecule has 21 atom stereocenters. The summed E-state index contributed by atoms with van der Waals surface area (Å²) in [6.07, 6.45) is 0.122. The quantitative estimate of drug-likeness (QED) is 0.149. The molecule has 384 valence electrons. The van der Waals surface area contributed by atoms with Crippen LogP contribution in [0.3, 0.4) is 0 Å². The fourth-order valence-electron chi connectivity index (χ4n) is 12.0. The molecule has 0 radical (unpaired) electrons. The molecule has 6 fully saturated rings. The predicted octanol–water partition coefficient (Wildman–Crippen LogP) is 3.81. The number of cyclic esters (lactones) is 1. The summed E-state index contributed by atoms with van der Waals surface area (Å²) in [5, 5.41) is 34.1. The molecule has 0 aromatic carbocycles. The molecule has 2 bridgehead atoms.